The van der Waals surface area contributed by atoms with E-state index in [1.54, 1.807) is 46.2 Å². The van der Waals surface area contributed by atoms with E-state index in [0.29, 0.717) is 59.6 Å². The molecule has 2 saturated heterocycles. The maximum atomic E-state index is 13.5. The fourth-order valence-corrected chi connectivity index (χ4v) is 9.72. The molecule has 61 heavy (non-hydrogen) atoms. The fourth-order valence-electron chi connectivity index (χ4n) is 8.67. The Morgan fingerprint density at radius 2 is 0.951 bits per heavy atom. The topological polar surface area (TPSA) is 151 Å². The molecule has 2 fully saturated rings. The molecule has 0 radical (unpaired) electrons. The molecule has 4 unspecified atom stereocenters. The summed E-state index contributed by atoms with van der Waals surface area (Å²) in [6.45, 7) is 18.3. The van der Waals surface area contributed by atoms with Gasteiger partial charge in [-0.15, -0.1) is 0 Å². The fraction of sp³-hybridized carbons (Fsp3) is 0.375. The molecule has 2 amide bonds. The summed E-state index contributed by atoms with van der Waals surface area (Å²) in [4.78, 5) is 57.0. The number of piperazine rings is 2. The third kappa shape index (κ3) is 10.3. The van der Waals surface area contributed by atoms with Crippen LogP contribution in [0, 0.1) is 20.2 Å². The summed E-state index contributed by atoms with van der Waals surface area (Å²) in [6.07, 6.45) is 6.23. The van der Waals surface area contributed by atoms with E-state index in [1.165, 1.54) is 12.2 Å². The highest BCUT2D eigenvalue weighted by atomic mass is 32.2. The molecular formula is C48H56N6O6S. The van der Waals surface area contributed by atoms with Gasteiger partial charge >= 0.3 is 0 Å². The van der Waals surface area contributed by atoms with Gasteiger partial charge in [0, 0.05) is 62.5 Å². The van der Waals surface area contributed by atoms with E-state index < -0.39 is 9.85 Å². The van der Waals surface area contributed by atoms with Crippen molar-refractivity contribution in [3.63, 3.8) is 0 Å². The minimum atomic E-state index is -0.436. The van der Waals surface area contributed by atoms with Gasteiger partial charge in [-0.1, -0.05) is 100 Å². The van der Waals surface area contributed by atoms with Crippen molar-refractivity contribution in [2.24, 2.45) is 0 Å². The van der Waals surface area contributed by atoms with Crippen molar-refractivity contribution in [1.29, 1.82) is 0 Å². The van der Waals surface area contributed by atoms with Gasteiger partial charge in [0.1, 0.15) is 0 Å². The smallest absolute Gasteiger partial charge is 0.291 e. The molecular weight excluding hydrogens is 789 g/mol. The Hall–Kier alpha value is -5.63. The molecule has 2 heterocycles. The van der Waals surface area contributed by atoms with Crippen molar-refractivity contribution >= 4 is 47.1 Å². The Labute approximate surface area is 362 Å². The Bertz CT molecular complexity index is 2190. The number of hydrogen-bond donors (Lipinski definition) is 2. The largest absolute Gasteiger partial charge is 0.336 e. The van der Waals surface area contributed by atoms with Gasteiger partial charge < -0.3 is 20.4 Å². The first-order chi connectivity index (χ1) is 29.0. The van der Waals surface area contributed by atoms with Crippen molar-refractivity contribution in [2.75, 3.05) is 26.2 Å². The highest BCUT2D eigenvalue weighted by Crippen LogP contribution is 2.50. The Kier molecular flexibility index (Phi) is 14.3. The van der Waals surface area contributed by atoms with Crippen LogP contribution in [0.1, 0.15) is 89.5 Å². The second-order valence-electron chi connectivity index (χ2n) is 16.9. The molecule has 0 bridgehead atoms. The van der Waals surface area contributed by atoms with E-state index in [-0.39, 0.29) is 69.0 Å². The minimum Gasteiger partial charge on any atom is -0.336 e. The number of nitrogens with one attached hydrogen (secondary N) is 2. The van der Waals surface area contributed by atoms with Gasteiger partial charge in [0.15, 0.2) is 0 Å². The minimum absolute atomic E-state index is 0.00457. The van der Waals surface area contributed by atoms with E-state index >= 15 is 0 Å². The number of nitro groups is 2. The summed E-state index contributed by atoms with van der Waals surface area (Å²) < 4.78 is 0. The van der Waals surface area contributed by atoms with Crippen LogP contribution in [-0.4, -0.2) is 81.8 Å². The van der Waals surface area contributed by atoms with E-state index in [4.69, 9.17) is 0 Å². The van der Waals surface area contributed by atoms with E-state index in [2.05, 4.69) is 10.6 Å². The lowest BCUT2D eigenvalue weighted by Gasteiger charge is -2.35. The molecule has 4 aromatic rings. The monoisotopic (exact) mass is 844 g/mol. The molecule has 0 aliphatic carbocycles. The van der Waals surface area contributed by atoms with Crippen LogP contribution in [0.4, 0.5) is 11.4 Å². The van der Waals surface area contributed by atoms with Crippen LogP contribution >= 0.6 is 11.8 Å². The summed E-state index contributed by atoms with van der Waals surface area (Å²) in [6, 6.07) is 22.2. The predicted octanol–water partition coefficient (Wildman–Crippen LogP) is 9.68. The van der Waals surface area contributed by atoms with Crippen LogP contribution in [0.25, 0.3) is 34.4 Å². The molecule has 2 aliphatic heterocycles. The summed E-state index contributed by atoms with van der Waals surface area (Å²) >= 11 is 0.960. The lowest BCUT2D eigenvalue weighted by atomic mass is 9.89. The SMILES string of the molecule is CC1CN(C(=O)C=Cc2ccc(Sc3ccc(C=CC(=O)N4CC(C)NC(C)C4)c(-c4ccccc4C(C)C)c3[N+](=O)[O-])c([N+](=O)[O-])c2-c2ccccc2C(C)C)CC(C)N1. The molecule has 12 nitrogen and oxygen atoms in total. The van der Waals surface area contributed by atoms with E-state index in [0.717, 1.165) is 22.9 Å². The van der Waals surface area contributed by atoms with Crippen LogP contribution in [-0.2, 0) is 9.59 Å². The second kappa shape index (κ2) is 19.4. The first kappa shape index (κ1) is 44.9. The molecule has 0 aromatic heterocycles. The zero-order valence-corrected chi connectivity index (χ0v) is 37.0. The number of nitro benzene ring substituents is 2. The lowest BCUT2D eigenvalue weighted by Crippen LogP contribution is -2.55. The number of carbonyl (C=O) groups is 2. The van der Waals surface area contributed by atoms with Gasteiger partial charge in [-0.05, 0) is 97.2 Å². The molecule has 2 N–H and O–H groups in total. The molecule has 0 saturated carbocycles. The molecule has 13 heteroatoms. The number of carbonyl (C=O) groups excluding carboxylic acids is 2. The number of amides is 2. The third-order valence-corrected chi connectivity index (χ3v) is 12.3. The van der Waals surface area contributed by atoms with Crippen molar-refractivity contribution in [1.82, 2.24) is 20.4 Å². The van der Waals surface area contributed by atoms with Gasteiger partial charge in [0.25, 0.3) is 11.4 Å². The van der Waals surface area contributed by atoms with E-state index in [9.17, 15) is 29.8 Å². The van der Waals surface area contributed by atoms with Crippen molar-refractivity contribution in [2.45, 2.75) is 101 Å². The molecule has 6 rings (SSSR count). The maximum absolute atomic E-state index is 13.5. The van der Waals surface area contributed by atoms with Gasteiger partial charge in [-0.3, -0.25) is 29.8 Å². The molecule has 2 aliphatic rings. The highest BCUT2D eigenvalue weighted by molar-refractivity contribution is 7.99. The average molecular weight is 845 g/mol. The van der Waals surface area contributed by atoms with Gasteiger partial charge in [0.05, 0.1) is 30.8 Å². The molecule has 4 atom stereocenters. The summed E-state index contributed by atoms with van der Waals surface area (Å²) in [5, 5.41) is 33.7. The number of nitrogens with zero attached hydrogens (tertiary/aromatic N) is 4. The third-order valence-electron chi connectivity index (χ3n) is 11.2. The zero-order valence-electron chi connectivity index (χ0n) is 36.2. The van der Waals surface area contributed by atoms with Crippen LogP contribution < -0.4 is 10.6 Å². The maximum Gasteiger partial charge on any atom is 0.291 e. The van der Waals surface area contributed by atoms with Crippen LogP contribution in [0.2, 0.25) is 0 Å². The average Bonchev–Trinajstić information content (AvgIpc) is 3.21. The molecule has 320 valence electrons. The summed E-state index contributed by atoms with van der Waals surface area (Å²) in [5.41, 5.74) is 4.22. The van der Waals surface area contributed by atoms with Gasteiger partial charge in [0.2, 0.25) is 11.8 Å². The number of rotatable bonds is 12. The van der Waals surface area contributed by atoms with Crippen molar-refractivity contribution < 1.29 is 19.4 Å². The zero-order chi connectivity index (χ0) is 44.1. The van der Waals surface area contributed by atoms with Crippen molar-refractivity contribution in [3.8, 4) is 22.3 Å². The Balaban J connectivity index is 1.52. The Morgan fingerprint density at radius 1 is 0.607 bits per heavy atom. The number of hydrogen-bond acceptors (Lipinski definition) is 9. The predicted molar refractivity (Wildman–Crippen MR) is 245 cm³/mol. The Morgan fingerprint density at radius 3 is 1.28 bits per heavy atom. The van der Waals surface area contributed by atoms with Crippen LogP contribution in [0.15, 0.2) is 94.7 Å². The lowest BCUT2D eigenvalue weighted by molar-refractivity contribution is -0.387. The van der Waals surface area contributed by atoms with Crippen LogP contribution in [0.5, 0.6) is 0 Å². The summed E-state index contributed by atoms with van der Waals surface area (Å²) in [5.74, 6) is -0.376. The van der Waals surface area contributed by atoms with E-state index in [1.807, 2.05) is 104 Å². The second-order valence-corrected chi connectivity index (χ2v) is 18.0. The first-order valence-electron chi connectivity index (χ1n) is 21.0. The highest BCUT2D eigenvalue weighted by Gasteiger charge is 2.32. The quantitative estimate of drug-likeness (QED) is 0.0807. The summed E-state index contributed by atoms with van der Waals surface area (Å²) in [7, 11) is 0. The van der Waals surface area contributed by atoms with Crippen LogP contribution in [0.3, 0.4) is 0 Å². The van der Waals surface area contributed by atoms with Gasteiger partial charge in [-0.2, -0.15) is 0 Å². The van der Waals surface area contributed by atoms with Gasteiger partial charge in [-0.25, -0.2) is 0 Å². The van der Waals surface area contributed by atoms with Crippen molar-refractivity contribution in [3.05, 3.63) is 127 Å². The number of benzene rings is 4. The first-order valence-corrected chi connectivity index (χ1v) is 21.8. The standard InChI is InChI=1S/C48H56N6O6S/c1-29(2)37-13-9-11-15-39(37)45-35(19-23-43(55)51-25-31(5)49-32(6)26-51)17-21-41(47(45)53(57)58)61-42-22-18-36(20-24-44(56)52-27-33(7)50-34(8)28-52)46(48(42)54(59)60)40-16-12-10-14-38(40)30(3)4/h9-24,29-34,49-50H,25-28H2,1-8H3. The molecule has 4 aromatic carbocycles. The molecule has 0 spiro atoms. The normalized spacial score (nSPS) is 19.6.